The number of nitrogens with two attached hydrogens (primary N) is 1. The van der Waals surface area contributed by atoms with Crippen molar-refractivity contribution < 1.29 is 9.94 Å². The third-order valence-electron chi connectivity index (χ3n) is 3.02. The lowest BCUT2D eigenvalue weighted by atomic mass is 10.1. The van der Waals surface area contributed by atoms with Crippen LogP contribution in [0.2, 0.25) is 0 Å². The van der Waals surface area contributed by atoms with Crippen LogP contribution in [0.4, 0.5) is 0 Å². The lowest BCUT2D eigenvalue weighted by molar-refractivity contribution is 0.318. The summed E-state index contributed by atoms with van der Waals surface area (Å²) < 4.78 is 5.72. The first-order chi connectivity index (χ1) is 10.1. The van der Waals surface area contributed by atoms with Gasteiger partial charge in [0.1, 0.15) is 5.75 Å². The Morgan fingerprint density at radius 3 is 2.62 bits per heavy atom. The van der Waals surface area contributed by atoms with Crippen molar-refractivity contribution in [1.29, 1.82) is 0 Å². The van der Waals surface area contributed by atoms with Crippen LogP contribution in [-0.2, 0) is 6.42 Å². The van der Waals surface area contributed by atoms with Gasteiger partial charge in [-0.15, -0.1) is 0 Å². The maximum atomic E-state index is 8.74. The molecule has 0 aliphatic rings. The average molecular weight is 285 g/mol. The first-order valence-electron chi connectivity index (χ1n) is 6.85. The molecule has 0 fully saturated rings. The van der Waals surface area contributed by atoms with E-state index in [0.717, 1.165) is 18.5 Å². The van der Waals surface area contributed by atoms with E-state index in [-0.39, 0.29) is 5.84 Å². The zero-order valence-corrected chi connectivity index (χ0v) is 12.2. The summed E-state index contributed by atoms with van der Waals surface area (Å²) in [6, 6.07) is 11.3. The van der Waals surface area contributed by atoms with Gasteiger partial charge < -0.3 is 15.7 Å². The van der Waals surface area contributed by atoms with Crippen LogP contribution in [0, 0.1) is 6.92 Å². The third-order valence-corrected chi connectivity index (χ3v) is 3.02. The molecule has 0 spiro atoms. The summed E-state index contributed by atoms with van der Waals surface area (Å²) >= 11 is 0. The van der Waals surface area contributed by atoms with Gasteiger partial charge in [-0.2, -0.15) is 0 Å². The van der Waals surface area contributed by atoms with Crippen molar-refractivity contribution in [3.63, 3.8) is 0 Å². The fraction of sp³-hybridized carbons (Fsp3) is 0.250. The molecule has 1 aromatic heterocycles. The predicted molar refractivity (Wildman–Crippen MR) is 82.0 cm³/mol. The number of amidine groups is 1. The molecule has 0 atom stereocenters. The number of rotatable bonds is 5. The van der Waals surface area contributed by atoms with E-state index < -0.39 is 0 Å². The summed E-state index contributed by atoms with van der Waals surface area (Å²) in [5.74, 6) is 1.15. The highest BCUT2D eigenvalue weighted by molar-refractivity contribution is 5.97. The standard InChI is InChI=1S/C16H19N3O2/c1-3-4-12-5-7-14(8-6-12)21-15-10-13(16(17)19-20)9-11(2)18-15/h5-10,20H,3-4H2,1-2H3,(H2,17,19). The SMILES string of the molecule is CCCc1ccc(Oc2cc(/C(N)=N/O)cc(C)n2)cc1. The fourth-order valence-electron chi connectivity index (χ4n) is 2.03. The molecule has 0 amide bonds. The normalized spacial score (nSPS) is 11.4. The van der Waals surface area contributed by atoms with Crippen molar-refractivity contribution in [2.75, 3.05) is 0 Å². The molecule has 21 heavy (non-hydrogen) atoms. The molecule has 2 aromatic rings. The number of aromatic nitrogens is 1. The van der Waals surface area contributed by atoms with Gasteiger partial charge in [0.2, 0.25) is 5.88 Å². The number of pyridine rings is 1. The van der Waals surface area contributed by atoms with Gasteiger partial charge in [0.15, 0.2) is 5.84 Å². The number of hydrogen-bond donors (Lipinski definition) is 2. The Bertz CT molecular complexity index is 636. The number of hydrogen-bond acceptors (Lipinski definition) is 4. The van der Waals surface area contributed by atoms with Gasteiger partial charge in [0, 0.05) is 17.3 Å². The van der Waals surface area contributed by atoms with E-state index in [1.165, 1.54) is 5.56 Å². The van der Waals surface area contributed by atoms with Gasteiger partial charge in [0.25, 0.3) is 0 Å². The van der Waals surface area contributed by atoms with Crippen LogP contribution in [-0.4, -0.2) is 16.0 Å². The molecule has 0 aliphatic carbocycles. The molecule has 2 rings (SSSR count). The van der Waals surface area contributed by atoms with Crippen LogP contribution in [0.1, 0.15) is 30.2 Å². The highest BCUT2D eigenvalue weighted by atomic mass is 16.5. The molecule has 0 unspecified atom stereocenters. The van der Waals surface area contributed by atoms with Gasteiger partial charge in [-0.05, 0) is 37.1 Å². The second-order valence-corrected chi connectivity index (χ2v) is 4.82. The zero-order valence-electron chi connectivity index (χ0n) is 12.2. The van der Waals surface area contributed by atoms with E-state index in [4.69, 9.17) is 15.7 Å². The molecule has 1 aromatic carbocycles. The Hall–Kier alpha value is -2.56. The van der Waals surface area contributed by atoms with Crippen molar-refractivity contribution in [1.82, 2.24) is 4.98 Å². The second kappa shape index (κ2) is 6.74. The largest absolute Gasteiger partial charge is 0.439 e. The van der Waals surface area contributed by atoms with Crippen molar-refractivity contribution in [3.05, 3.63) is 53.2 Å². The van der Waals surface area contributed by atoms with Crippen LogP contribution < -0.4 is 10.5 Å². The smallest absolute Gasteiger partial charge is 0.220 e. The lowest BCUT2D eigenvalue weighted by Crippen LogP contribution is -2.13. The summed E-state index contributed by atoms with van der Waals surface area (Å²) in [4.78, 5) is 4.29. The Balaban J connectivity index is 2.20. The number of nitrogens with zero attached hydrogens (tertiary/aromatic N) is 2. The first kappa shape index (κ1) is 14.8. The van der Waals surface area contributed by atoms with Crippen LogP contribution in [0.3, 0.4) is 0 Å². The number of ether oxygens (including phenoxy) is 1. The highest BCUT2D eigenvalue weighted by Crippen LogP contribution is 2.22. The molecule has 0 saturated heterocycles. The number of oxime groups is 1. The molecule has 0 radical (unpaired) electrons. The van der Waals surface area contributed by atoms with Crippen molar-refractivity contribution in [2.24, 2.45) is 10.9 Å². The summed E-state index contributed by atoms with van der Waals surface area (Å²) in [5.41, 5.74) is 8.18. The fourth-order valence-corrected chi connectivity index (χ4v) is 2.03. The van der Waals surface area contributed by atoms with Gasteiger partial charge >= 0.3 is 0 Å². The maximum absolute atomic E-state index is 8.74. The monoisotopic (exact) mass is 285 g/mol. The van der Waals surface area contributed by atoms with Gasteiger partial charge in [-0.1, -0.05) is 30.6 Å². The van der Waals surface area contributed by atoms with E-state index in [0.29, 0.717) is 17.2 Å². The van der Waals surface area contributed by atoms with E-state index in [1.54, 1.807) is 12.1 Å². The van der Waals surface area contributed by atoms with E-state index >= 15 is 0 Å². The first-order valence-corrected chi connectivity index (χ1v) is 6.85. The minimum atomic E-state index is 0.0312. The minimum absolute atomic E-state index is 0.0312. The van der Waals surface area contributed by atoms with E-state index in [9.17, 15) is 0 Å². The third kappa shape index (κ3) is 3.95. The summed E-state index contributed by atoms with van der Waals surface area (Å²) in [6.07, 6.45) is 2.17. The molecule has 5 heteroatoms. The van der Waals surface area contributed by atoms with E-state index in [2.05, 4.69) is 17.1 Å². The predicted octanol–water partition coefficient (Wildman–Crippen LogP) is 3.23. The molecule has 110 valence electrons. The molecule has 1 heterocycles. The molecule has 5 nitrogen and oxygen atoms in total. The number of benzene rings is 1. The van der Waals surface area contributed by atoms with Crippen LogP contribution >= 0.6 is 0 Å². The topological polar surface area (TPSA) is 80.7 Å². The Kier molecular flexibility index (Phi) is 4.77. The van der Waals surface area contributed by atoms with Crippen LogP contribution in [0.15, 0.2) is 41.6 Å². The number of aryl methyl sites for hydroxylation is 2. The van der Waals surface area contributed by atoms with Crippen LogP contribution in [0.5, 0.6) is 11.6 Å². The maximum Gasteiger partial charge on any atom is 0.220 e. The van der Waals surface area contributed by atoms with Crippen molar-refractivity contribution in [3.8, 4) is 11.6 Å². The summed E-state index contributed by atoms with van der Waals surface area (Å²) in [7, 11) is 0. The van der Waals surface area contributed by atoms with Crippen molar-refractivity contribution >= 4 is 5.84 Å². The summed E-state index contributed by atoms with van der Waals surface area (Å²) in [5, 5.41) is 11.7. The molecular weight excluding hydrogens is 266 g/mol. The summed E-state index contributed by atoms with van der Waals surface area (Å²) in [6.45, 7) is 3.97. The van der Waals surface area contributed by atoms with Gasteiger partial charge in [-0.3, -0.25) is 0 Å². The quantitative estimate of drug-likeness (QED) is 0.382. The second-order valence-electron chi connectivity index (χ2n) is 4.82. The Labute approximate surface area is 124 Å². The zero-order chi connectivity index (χ0) is 15.2. The lowest BCUT2D eigenvalue weighted by Gasteiger charge is -2.08. The Morgan fingerprint density at radius 2 is 2.00 bits per heavy atom. The molecular formula is C16H19N3O2. The molecule has 0 bridgehead atoms. The molecule has 0 aliphatic heterocycles. The van der Waals surface area contributed by atoms with Gasteiger partial charge in [0.05, 0.1) is 0 Å². The highest BCUT2D eigenvalue weighted by Gasteiger charge is 2.06. The van der Waals surface area contributed by atoms with E-state index in [1.807, 2.05) is 31.2 Å². The van der Waals surface area contributed by atoms with Gasteiger partial charge in [-0.25, -0.2) is 4.98 Å². The molecule has 3 N–H and O–H groups in total. The van der Waals surface area contributed by atoms with Crippen LogP contribution in [0.25, 0.3) is 0 Å². The van der Waals surface area contributed by atoms with Crippen molar-refractivity contribution in [2.45, 2.75) is 26.7 Å². The molecule has 0 saturated carbocycles. The average Bonchev–Trinajstić information content (AvgIpc) is 2.48. The minimum Gasteiger partial charge on any atom is -0.439 e. The Morgan fingerprint density at radius 1 is 1.29 bits per heavy atom.